The molecule has 0 amide bonds. The minimum absolute atomic E-state index is 0.544. The molecule has 0 bridgehead atoms. The average Bonchev–Trinajstić information content (AvgIpc) is 3.16. The van der Waals surface area contributed by atoms with Crippen molar-refractivity contribution in [2.24, 2.45) is 7.05 Å². The number of nitrogens with zero attached hydrogens (tertiary/aromatic N) is 5. The molecule has 0 aliphatic carbocycles. The van der Waals surface area contributed by atoms with Gasteiger partial charge in [0.15, 0.2) is 11.0 Å². The van der Waals surface area contributed by atoms with Crippen molar-refractivity contribution in [2.75, 3.05) is 7.11 Å². The van der Waals surface area contributed by atoms with Gasteiger partial charge in [0.05, 0.1) is 7.11 Å². The monoisotopic (exact) mass is 363 g/mol. The molecular formula is C16H18ClN5OS. The fourth-order valence-corrected chi connectivity index (χ4v) is 3.70. The van der Waals surface area contributed by atoms with Gasteiger partial charge in [-0.15, -0.1) is 15.3 Å². The molecule has 0 saturated carbocycles. The Morgan fingerprint density at radius 2 is 2.04 bits per heavy atom. The molecule has 2 heterocycles. The van der Waals surface area contributed by atoms with Crippen LogP contribution in [0.1, 0.15) is 12.5 Å². The summed E-state index contributed by atoms with van der Waals surface area (Å²) in [4.78, 5) is 0. The van der Waals surface area contributed by atoms with E-state index in [9.17, 15) is 0 Å². The summed E-state index contributed by atoms with van der Waals surface area (Å²) in [5, 5.41) is 14.6. The molecule has 6 nitrogen and oxygen atoms in total. The van der Waals surface area contributed by atoms with Crippen LogP contribution in [-0.2, 0) is 19.3 Å². The summed E-state index contributed by atoms with van der Waals surface area (Å²) in [7, 11) is 3.46. The zero-order valence-corrected chi connectivity index (χ0v) is 15.3. The first-order valence-electron chi connectivity index (χ1n) is 7.51. The molecule has 2 aromatic heterocycles. The number of thioether (sulfide) groups is 1. The highest BCUT2D eigenvalue weighted by molar-refractivity contribution is 7.98. The molecule has 0 fully saturated rings. The summed E-state index contributed by atoms with van der Waals surface area (Å²) in [6.07, 6.45) is 1.89. The summed E-state index contributed by atoms with van der Waals surface area (Å²) in [6.45, 7) is 2.82. The van der Waals surface area contributed by atoms with Crippen molar-refractivity contribution in [2.45, 2.75) is 24.4 Å². The summed E-state index contributed by atoms with van der Waals surface area (Å²) in [5.41, 5.74) is 1.91. The Bertz CT molecular complexity index is 845. The van der Waals surface area contributed by atoms with Crippen LogP contribution in [0.2, 0.25) is 5.02 Å². The van der Waals surface area contributed by atoms with Gasteiger partial charge < -0.3 is 9.30 Å². The Kier molecular flexibility index (Phi) is 5.11. The van der Waals surface area contributed by atoms with Crippen LogP contribution in [0, 0.1) is 0 Å². The van der Waals surface area contributed by atoms with Crippen molar-refractivity contribution in [1.82, 2.24) is 24.5 Å². The second kappa shape index (κ2) is 7.27. The maximum absolute atomic E-state index is 6.22. The SMILES string of the molecule is CCn1c(SCc2ccccc2Cl)nnc1-c1cn(C)nc1OC. The molecule has 126 valence electrons. The van der Waals surface area contributed by atoms with Gasteiger partial charge in [-0.1, -0.05) is 41.6 Å². The molecule has 3 aromatic rings. The molecule has 0 saturated heterocycles. The van der Waals surface area contributed by atoms with Gasteiger partial charge in [-0.25, -0.2) is 0 Å². The summed E-state index contributed by atoms with van der Waals surface area (Å²) in [6, 6.07) is 7.83. The van der Waals surface area contributed by atoms with Gasteiger partial charge in [-0.3, -0.25) is 4.68 Å². The first kappa shape index (κ1) is 16.9. The van der Waals surface area contributed by atoms with Gasteiger partial charge in [0.1, 0.15) is 5.56 Å². The smallest absolute Gasteiger partial charge is 0.243 e. The highest BCUT2D eigenvalue weighted by atomic mass is 35.5. The van der Waals surface area contributed by atoms with Crippen LogP contribution in [-0.4, -0.2) is 31.7 Å². The minimum Gasteiger partial charge on any atom is -0.479 e. The number of hydrogen-bond donors (Lipinski definition) is 0. The van der Waals surface area contributed by atoms with Crippen LogP contribution in [0.5, 0.6) is 5.88 Å². The lowest BCUT2D eigenvalue weighted by molar-refractivity contribution is 0.393. The topological polar surface area (TPSA) is 57.8 Å². The molecule has 0 atom stereocenters. The minimum atomic E-state index is 0.544. The first-order chi connectivity index (χ1) is 11.6. The van der Waals surface area contributed by atoms with E-state index >= 15 is 0 Å². The number of methoxy groups -OCH3 is 1. The highest BCUT2D eigenvalue weighted by Crippen LogP contribution is 2.31. The lowest BCUT2D eigenvalue weighted by atomic mass is 10.2. The first-order valence-corrected chi connectivity index (χ1v) is 8.87. The Labute approximate surface area is 149 Å². The third-order valence-electron chi connectivity index (χ3n) is 3.58. The number of halogens is 1. The molecule has 24 heavy (non-hydrogen) atoms. The molecule has 0 aliphatic rings. The molecule has 3 rings (SSSR count). The lowest BCUT2D eigenvalue weighted by Gasteiger charge is -2.07. The van der Waals surface area contributed by atoms with E-state index in [1.807, 2.05) is 37.5 Å². The van der Waals surface area contributed by atoms with E-state index in [-0.39, 0.29) is 0 Å². The van der Waals surface area contributed by atoms with Crippen molar-refractivity contribution in [3.63, 3.8) is 0 Å². The van der Waals surface area contributed by atoms with Crippen LogP contribution >= 0.6 is 23.4 Å². The van der Waals surface area contributed by atoms with Crippen molar-refractivity contribution in [1.29, 1.82) is 0 Å². The van der Waals surface area contributed by atoms with Gasteiger partial charge in [-0.05, 0) is 18.6 Å². The molecular weight excluding hydrogens is 346 g/mol. The molecule has 0 aliphatic heterocycles. The van der Waals surface area contributed by atoms with Crippen LogP contribution in [0.25, 0.3) is 11.4 Å². The summed E-state index contributed by atoms with van der Waals surface area (Å²) >= 11 is 7.84. The second-order valence-corrected chi connectivity index (χ2v) is 6.51. The fourth-order valence-electron chi connectivity index (χ4n) is 2.41. The largest absolute Gasteiger partial charge is 0.479 e. The molecule has 0 radical (unpaired) electrons. The average molecular weight is 364 g/mol. The quantitative estimate of drug-likeness (QED) is 0.625. The second-order valence-electron chi connectivity index (χ2n) is 5.16. The van der Waals surface area contributed by atoms with E-state index < -0.39 is 0 Å². The van der Waals surface area contributed by atoms with E-state index in [0.717, 1.165) is 39.4 Å². The van der Waals surface area contributed by atoms with Gasteiger partial charge in [0, 0.05) is 30.6 Å². The third kappa shape index (κ3) is 3.27. The van der Waals surface area contributed by atoms with E-state index in [1.54, 1.807) is 23.6 Å². The number of rotatable bonds is 6. The van der Waals surface area contributed by atoms with Gasteiger partial charge in [0.2, 0.25) is 5.88 Å². The maximum atomic E-state index is 6.22. The van der Waals surface area contributed by atoms with Crippen molar-refractivity contribution >= 4 is 23.4 Å². The third-order valence-corrected chi connectivity index (χ3v) is 4.96. The van der Waals surface area contributed by atoms with Crippen LogP contribution in [0.3, 0.4) is 0 Å². The number of hydrogen-bond acceptors (Lipinski definition) is 5. The Hall–Kier alpha value is -1.99. The van der Waals surface area contributed by atoms with Crippen LogP contribution < -0.4 is 4.74 Å². The lowest BCUT2D eigenvalue weighted by Crippen LogP contribution is -2.00. The molecule has 1 aromatic carbocycles. The standard InChI is InChI=1S/C16H18ClN5OS/c1-4-22-14(12-9-21(2)20-15(12)23-3)18-19-16(22)24-10-11-7-5-6-8-13(11)17/h5-9H,4,10H2,1-3H3. The highest BCUT2D eigenvalue weighted by Gasteiger charge is 2.19. The Morgan fingerprint density at radius 3 is 2.75 bits per heavy atom. The van der Waals surface area contributed by atoms with E-state index in [0.29, 0.717) is 5.88 Å². The number of aromatic nitrogens is 5. The number of ether oxygens (including phenoxy) is 1. The van der Waals surface area contributed by atoms with E-state index in [2.05, 4.69) is 26.8 Å². The predicted octanol–water partition coefficient (Wildman–Crippen LogP) is 3.65. The normalized spacial score (nSPS) is 11.0. The number of aryl methyl sites for hydroxylation is 1. The Balaban J connectivity index is 1.88. The number of benzene rings is 1. The van der Waals surface area contributed by atoms with Crippen molar-refractivity contribution in [3.05, 3.63) is 41.0 Å². The maximum Gasteiger partial charge on any atom is 0.243 e. The molecule has 0 spiro atoms. The zero-order chi connectivity index (χ0) is 17.1. The molecule has 0 unspecified atom stereocenters. The van der Waals surface area contributed by atoms with Gasteiger partial charge in [0.25, 0.3) is 0 Å². The molecule has 0 N–H and O–H groups in total. The fraction of sp³-hybridized carbons (Fsp3) is 0.312. The van der Waals surface area contributed by atoms with Gasteiger partial charge >= 0.3 is 0 Å². The van der Waals surface area contributed by atoms with E-state index in [4.69, 9.17) is 16.3 Å². The summed E-state index contributed by atoms with van der Waals surface area (Å²) < 4.78 is 9.10. The van der Waals surface area contributed by atoms with Gasteiger partial charge in [-0.2, -0.15) is 0 Å². The van der Waals surface area contributed by atoms with Crippen molar-refractivity contribution < 1.29 is 4.74 Å². The summed E-state index contributed by atoms with van der Waals surface area (Å²) in [5.74, 6) is 2.04. The predicted molar refractivity (Wildman–Crippen MR) is 95.5 cm³/mol. The Morgan fingerprint density at radius 1 is 1.25 bits per heavy atom. The zero-order valence-electron chi connectivity index (χ0n) is 13.7. The van der Waals surface area contributed by atoms with E-state index in [1.165, 1.54) is 0 Å². The molecule has 8 heteroatoms. The van der Waals surface area contributed by atoms with Crippen LogP contribution in [0.15, 0.2) is 35.6 Å². The van der Waals surface area contributed by atoms with Crippen LogP contribution in [0.4, 0.5) is 0 Å². The van der Waals surface area contributed by atoms with Crippen molar-refractivity contribution in [3.8, 4) is 17.3 Å².